The third-order valence-corrected chi connectivity index (χ3v) is 6.68. The summed E-state index contributed by atoms with van der Waals surface area (Å²) in [5.74, 6) is -0.107. The van der Waals surface area contributed by atoms with Crippen molar-refractivity contribution in [2.75, 3.05) is 21.3 Å². The van der Waals surface area contributed by atoms with Crippen LogP contribution >= 0.6 is 0 Å². The quantitative estimate of drug-likeness (QED) is 0.122. The first kappa shape index (κ1) is 33.5. The number of hydrogen-bond acceptors (Lipinski definition) is 4. The highest BCUT2D eigenvalue weighted by atomic mass is 16.2. The maximum atomic E-state index is 12.3. The van der Waals surface area contributed by atoms with Crippen LogP contribution in [0.25, 0.3) is 0 Å². The van der Waals surface area contributed by atoms with Gasteiger partial charge in [0.2, 0.25) is 23.6 Å². The Kier molecular flexibility index (Phi) is 16.5. The molecule has 0 saturated carbocycles. The zero-order valence-electron chi connectivity index (χ0n) is 24.9. The van der Waals surface area contributed by atoms with Crippen LogP contribution < -0.4 is 21.3 Å². The van der Waals surface area contributed by atoms with Gasteiger partial charge in [0, 0.05) is 48.4 Å². The Morgan fingerprint density at radius 3 is 1.00 bits per heavy atom. The summed E-state index contributed by atoms with van der Waals surface area (Å²) in [6.45, 7) is 4.21. The van der Waals surface area contributed by atoms with Crippen molar-refractivity contribution in [3.05, 3.63) is 48.5 Å². The molecule has 8 nitrogen and oxygen atoms in total. The normalized spacial score (nSPS) is 10.6. The number of anilines is 4. The number of rotatable bonds is 20. The molecule has 0 radical (unpaired) electrons. The molecule has 0 fully saturated rings. The van der Waals surface area contributed by atoms with Crippen molar-refractivity contribution in [1.82, 2.24) is 0 Å². The van der Waals surface area contributed by atoms with Crippen molar-refractivity contribution < 1.29 is 19.2 Å². The lowest BCUT2D eigenvalue weighted by atomic mass is 10.1. The number of nitrogens with one attached hydrogen (secondary N) is 4. The molecule has 0 heterocycles. The molecule has 0 bridgehead atoms. The summed E-state index contributed by atoms with van der Waals surface area (Å²) in [5.41, 5.74) is 2.72. The van der Waals surface area contributed by atoms with Crippen LogP contribution in [0.3, 0.4) is 0 Å². The Morgan fingerprint density at radius 1 is 0.439 bits per heavy atom. The van der Waals surface area contributed by atoms with Gasteiger partial charge in [0.15, 0.2) is 0 Å². The van der Waals surface area contributed by atoms with Crippen molar-refractivity contribution in [2.24, 2.45) is 0 Å². The summed E-state index contributed by atoms with van der Waals surface area (Å²) in [4.78, 5) is 48.7. The summed E-state index contributed by atoms with van der Waals surface area (Å²) in [5, 5.41) is 11.6. The molecule has 0 saturated heterocycles. The predicted molar refractivity (Wildman–Crippen MR) is 168 cm³/mol. The van der Waals surface area contributed by atoms with Crippen molar-refractivity contribution in [2.45, 2.75) is 110 Å². The zero-order chi connectivity index (χ0) is 29.7. The minimum atomic E-state index is -0.0461. The first-order chi connectivity index (χ1) is 19.9. The van der Waals surface area contributed by atoms with Crippen LogP contribution in [0.4, 0.5) is 22.7 Å². The fourth-order valence-corrected chi connectivity index (χ4v) is 4.42. The van der Waals surface area contributed by atoms with E-state index in [1.807, 2.05) is 36.4 Å². The maximum absolute atomic E-state index is 12.3. The second-order valence-corrected chi connectivity index (χ2v) is 10.5. The third kappa shape index (κ3) is 15.6. The van der Waals surface area contributed by atoms with Gasteiger partial charge in [-0.25, -0.2) is 0 Å². The number of carbonyl (C=O) groups is 4. The largest absolute Gasteiger partial charge is 0.326 e. The Bertz CT molecular complexity index is 1020. The fraction of sp³-hybridized carbons (Fsp3) is 0.515. The van der Waals surface area contributed by atoms with Gasteiger partial charge >= 0.3 is 0 Å². The molecule has 0 atom stereocenters. The second-order valence-electron chi connectivity index (χ2n) is 10.5. The smallest absolute Gasteiger partial charge is 0.224 e. The van der Waals surface area contributed by atoms with Gasteiger partial charge in [-0.1, -0.05) is 70.9 Å². The molecule has 8 heteroatoms. The Balaban J connectivity index is 1.57. The minimum Gasteiger partial charge on any atom is -0.326 e. The molecule has 41 heavy (non-hydrogen) atoms. The van der Waals surface area contributed by atoms with Gasteiger partial charge in [-0.2, -0.15) is 0 Å². The molecule has 2 rings (SSSR count). The summed E-state index contributed by atoms with van der Waals surface area (Å²) in [6.07, 6.45) is 12.2. The number of carbonyl (C=O) groups excluding carboxylic acids is 4. The van der Waals surface area contributed by atoms with Gasteiger partial charge in [0.05, 0.1) is 0 Å². The van der Waals surface area contributed by atoms with E-state index in [1.54, 1.807) is 12.1 Å². The molecule has 0 spiro atoms. The molecular weight excluding hydrogens is 516 g/mol. The van der Waals surface area contributed by atoms with Gasteiger partial charge in [-0.15, -0.1) is 0 Å². The molecule has 0 unspecified atom stereocenters. The van der Waals surface area contributed by atoms with Crippen LogP contribution in [0.2, 0.25) is 0 Å². The van der Waals surface area contributed by atoms with Gasteiger partial charge < -0.3 is 21.3 Å². The van der Waals surface area contributed by atoms with Crippen LogP contribution in [0.15, 0.2) is 48.5 Å². The van der Waals surface area contributed by atoms with E-state index in [1.165, 1.54) is 0 Å². The van der Waals surface area contributed by atoms with Crippen molar-refractivity contribution in [1.29, 1.82) is 0 Å². The van der Waals surface area contributed by atoms with E-state index in [0.717, 1.165) is 70.6 Å². The summed E-state index contributed by atoms with van der Waals surface area (Å²) in [6, 6.07) is 14.5. The average molecular weight is 565 g/mol. The monoisotopic (exact) mass is 564 g/mol. The van der Waals surface area contributed by atoms with E-state index in [-0.39, 0.29) is 23.6 Å². The van der Waals surface area contributed by atoms with E-state index >= 15 is 0 Å². The predicted octanol–water partition coefficient (Wildman–Crippen LogP) is 8.03. The van der Waals surface area contributed by atoms with Crippen LogP contribution in [0, 0.1) is 0 Å². The highest BCUT2D eigenvalue weighted by Gasteiger charge is 2.08. The Labute approximate surface area is 245 Å². The standard InChI is InChI=1S/C33H48N4O4/c1-3-5-10-20-30(38)34-26-16-14-18-28(24-26)36-32(40)22-12-8-7-9-13-23-33(41)37-29-19-15-17-27(25-29)35-31(39)21-11-6-4-2/h14-19,24-25H,3-13,20-23H2,1-2H3,(H,34,38)(H,35,39)(H,36,40)(H,37,41). The highest BCUT2D eigenvalue weighted by Crippen LogP contribution is 2.18. The van der Waals surface area contributed by atoms with Crippen molar-refractivity contribution in [3.8, 4) is 0 Å². The number of amides is 4. The molecule has 0 aliphatic carbocycles. The van der Waals surface area contributed by atoms with E-state index in [4.69, 9.17) is 0 Å². The Morgan fingerprint density at radius 2 is 0.707 bits per heavy atom. The molecule has 4 amide bonds. The summed E-state index contributed by atoms with van der Waals surface area (Å²) >= 11 is 0. The van der Waals surface area contributed by atoms with Gasteiger partial charge in [-0.05, 0) is 62.1 Å². The molecular formula is C33H48N4O4. The van der Waals surface area contributed by atoms with Crippen LogP contribution in [0.1, 0.15) is 110 Å². The lowest BCUT2D eigenvalue weighted by molar-refractivity contribution is -0.117. The van der Waals surface area contributed by atoms with Crippen LogP contribution in [0.5, 0.6) is 0 Å². The molecule has 4 N–H and O–H groups in total. The van der Waals surface area contributed by atoms with E-state index in [9.17, 15) is 19.2 Å². The van der Waals surface area contributed by atoms with Gasteiger partial charge in [0.25, 0.3) is 0 Å². The van der Waals surface area contributed by atoms with Gasteiger partial charge in [-0.3, -0.25) is 19.2 Å². The van der Waals surface area contributed by atoms with E-state index < -0.39 is 0 Å². The number of hydrogen-bond donors (Lipinski definition) is 4. The fourth-order valence-electron chi connectivity index (χ4n) is 4.42. The van der Waals surface area contributed by atoms with Crippen LogP contribution in [-0.2, 0) is 19.2 Å². The van der Waals surface area contributed by atoms with E-state index in [0.29, 0.717) is 48.4 Å². The zero-order valence-corrected chi connectivity index (χ0v) is 24.9. The van der Waals surface area contributed by atoms with Crippen molar-refractivity contribution >= 4 is 46.4 Å². The van der Waals surface area contributed by atoms with Gasteiger partial charge in [0.1, 0.15) is 0 Å². The Hall–Kier alpha value is -3.68. The van der Waals surface area contributed by atoms with Crippen LogP contribution in [-0.4, -0.2) is 23.6 Å². The molecule has 224 valence electrons. The molecule has 0 aliphatic heterocycles. The molecule has 0 aromatic heterocycles. The van der Waals surface area contributed by atoms with E-state index in [2.05, 4.69) is 35.1 Å². The molecule has 0 aliphatic rings. The average Bonchev–Trinajstić information content (AvgIpc) is 2.93. The summed E-state index contributed by atoms with van der Waals surface area (Å²) < 4.78 is 0. The molecule has 2 aromatic carbocycles. The maximum Gasteiger partial charge on any atom is 0.224 e. The minimum absolute atomic E-state index is 0.00731. The topological polar surface area (TPSA) is 116 Å². The van der Waals surface area contributed by atoms with Crippen molar-refractivity contribution in [3.63, 3.8) is 0 Å². The highest BCUT2D eigenvalue weighted by molar-refractivity contribution is 5.95. The lowest BCUT2D eigenvalue weighted by Crippen LogP contribution is -2.13. The number of benzene rings is 2. The number of unbranched alkanes of at least 4 members (excludes halogenated alkanes) is 8. The SMILES string of the molecule is CCCCCC(=O)Nc1cccc(NC(=O)CCCCCCCC(=O)Nc2cccc(NC(=O)CCCCC)c2)c1. The summed E-state index contributed by atoms with van der Waals surface area (Å²) in [7, 11) is 0. The third-order valence-electron chi connectivity index (χ3n) is 6.68. The first-order valence-corrected chi connectivity index (χ1v) is 15.3. The lowest BCUT2D eigenvalue weighted by Gasteiger charge is -2.09. The first-order valence-electron chi connectivity index (χ1n) is 15.3. The molecule has 2 aromatic rings. The second kappa shape index (κ2) is 20.2.